The van der Waals surface area contributed by atoms with Crippen molar-refractivity contribution in [2.24, 2.45) is 0 Å². The van der Waals surface area contributed by atoms with Gasteiger partial charge in [-0.05, 0) is 70.6 Å². The van der Waals surface area contributed by atoms with E-state index in [9.17, 15) is 14.4 Å². The molecule has 322 valence electrons. The van der Waals surface area contributed by atoms with Crippen molar-refractivity contribution in [3.05, 3.63) is 24.3 Å². The van der Waals surface area contributed by atoms with Gasteiger partial charge in [0.15, 0.2) is 0 Å². The number of carbonyl (C=O) groups excluding carboxylic acids is 2. The van der Waals surface area contributed by atoms with E-state index in [2.05, 4.69) is 43.5 Å². The van der Waals surface area contributed by atoms with Gasteiger partial charge in [0.1, 0.15) is 12.6 Å². The maximum absolute atomic E-state index is 12.8. The van der Waals surface area contributed by atoms with Gasteiger partial charge in [0, 0.05) is 12.8 Å². The highest BCUT2D eigenvalue weighted by Crippen LogP contribution is 2.19. The van der Waals surface area contributed by atoms with Gasteiger partial charge in [-0.3, -0.25) is 14.4 Å². The summed E-state index contributed by atoms with van der Waals surface area (Å²) in [4.78, 5) is 35.1. The van der Waals surface area contributed by atoms with Crippen LogP contribution in [0.2, 0.25) is 0 Å². The highest BCUT2D eigenvalue weighted by atomic mass is 16.5. The zero-order chi connectivity index (χ0) is 40.1. The molecule has 6 nitrogen and oxygen atoms in total. The third kappa shape index (κ3) is 44.5. The molecule has 2 N–H and O–H groups in total. The van der Waals surface area contributed by atoms with Crippen molar-refractivity contribution >= 4 is 17.8 Å². The normalized spacial score (nSPS) is 12.2. The van der Waals surface area contributed by atoms with Crippen molar-refractivity contribution in [2.45, 2.75) is 264 Å². The van der Waals surface area contributed by atoms with Crippen LogP contribution in [0, 0.1) is 0 Å². The molecule has 0 aliphatic heterocycles. The smallest absolute Gasteiger partial charge is 0.322 e. The minimum Gasteiger partial charge on any atom is -0.480 e. The molecule has 1 amide bonds. The Bertz CT molecular complexity index is 900. The fraction of sp³-hybridized carbons (Fsp3) is 0.857. The van der Waals surface area contributed by atoms with Crippen LogP contribution in [0.1, 0.15) is 258 Å². The first-order valence-corrected chi connectivity index (χ1v) is 24.0. The minimum atomic E-state index is -1.01. The lowest BCUT2D eigenvalue weighted by atomic mass is 10.0. The first kappa shape index (κ1) is 52.9. The lowest BCUT2D eigenvalue weighted by Gasteiger charge is -2.18. The standard InChI is InChI=1S/C49H91NO5/c1-3-5-7-9-11-13-15-17-18-19-20-21-22-23-24-25-27-29-31-36-40-44-49(54)55-46(41-37-33-30-28-26-16-14-12-10-8-6-4-2)42-38-34-32-35-39-43-47(51)50-45-48(52)53/h15,17,19-20,46H,3-14,16,18,21-45H2,1-2H3,(H,50,51)(H,52,53)/b17-15-,20-19-. The molecule has 0 saturated carbocycles. The summed E-state index contributed by atoms with van der Waals surface area (Å²) in [5, 5.41) is 11.1. The summed E-state index contributed by atoms with van der Waals surface area (Å²) in [7, 11) is 0. The zero-order valence-electron chi connectivity index (χ0n) is 36.5. The lowest BCUT2D eigenvalue weighted by molar-refractivity contribution is -0.150. The largest absolute Gasteiger partial charge is 0.480 e. The molecule has 0 aliphatic rings. The summed E-state index contributed by atoms with van der Waals surface area (Å²) in [6.07, 6.45) is 54.5. The average molecular weight is 774 g/mol. The zero-order valence-corrected chi connectivity index (χ0v) is 36.5. The number of unbranched alkanes of at least 4 members (excludes halogenated alkanes) is 29. The van der Waals surface area contributed by atoms with Crippen molar-refractivity contribution in [1.29, 1.82) is 0 Å². The SMILES string of the molecule is CCCCCCC/C=C\C/C=C\CCCCCCCCCCCC(=O)OC(CCCCCCCCCCCCCC)CCCCCCCC(=O)NCC(=O)O. The maximum Gasteiger partial charge on any atom is 0.322 e. The van der Waals surface area contributed by atoms with Gasteiger partial charge in [-0.25, -0.2) is 0 Å². The molecule has 0 aromatic heterocycles. The third-order valence-electron chi connectivity index (χ3n) is 10.9. The van der Waals surface area contributed by atoms with Gasteiger partial charge in [0.2, 0.25) is 5.91 Å². The molecule has 0 aliphatic carbocycles. The van der Waals surface area contributed by atoms with E-state index in [1.54, 1.807) is 0 Å². The quantitative estimate of drug-likeness (QED) is 0.0365. The Kier molecular flexibility index (Phi) is 42.9. The highest BCUT2D eigenvalue weighted by molar-refractivity contribution is 5.80. The number of rotatable bonds is 44. The Morgan fingerprint density at radius 1 is 0.473 bits per heavy atom. The number of hydrogen-bond donors (Lipinski definition) is 2. The Hall–Kier alpha value is -2.11. The van der Waals surface area contributed by atoms with E-state index in [0.717, 1.165) is 70.6 Å². The molecule has 0 aromatic rings. The summed E-state index contributed by atoms with van der Waals surface area (Å²) in [5.41, 5.74) is 0. The van der Waals surface area contributed by atoms with Crippen molar-refractivity contribution in [3.63, 3.8) is 0 Å². The number of amides is 1. The van der Waals surface area contributed by atoms with Crippen molar-refractivity contribution in [2.75, 3.05) is 6.54 Å². The van der Waals surface area contributed by atoms with Gasteiger partial charge in [0.25, 0.3) is 0 Å². The molecule has 0 fully saturated rings. The van der Waals surface area contributed by atoms with Crippen LogP contribution in [-0.4, -0.2) is 35.6 Å². The van der Waals surface area contributed by atoms with Crippen LogP contribution in [0.15, 0.2) is 24.3 Å². The van der Waals surface area contributed by atoms with Crippen molar-refractivity contribution < 1.29 is 24.2 Å². The minimum absolute atomic E-state index is 0.0146. The summed E-state index contributed by atoms with van der Waals surface area (Å²) >= 11 is 0. The van der Waals surface area contributed by atoms with E-state index < -0.39 is 5.97 Å². The molecule has 0 radical (unpaired) electrons. The molecule has 0 heterocycles. The van der Waals surface area contributed by atoms with Crippen LogP contribution in [0.5, 0.6) is 0 Å². The second-order valence-electron chi connectivity index (χ2n) is 16.4. The first-order valence-electron chi connectivity index (χ1n) is 24.0. The van der Waals surface area contributed by atoms with Gasteiger partial charge in [0.05, 0.1) is 0 Å². The van der Waals surface area contributed by atoms with Crippen LogP contribution < -0.4 is 5.32 Å². The molecule has 0 rings (SSSR count). The Morgan fingerprint density at radius 2 is 0.836 bits per heavy atom. The van der Waals surface area contributed by atoms with E-state index in [1.165, 1.54) is 161 Å². The number of carboxylic acid groups (broad SMARTS) is 1. The van der Waals surface area contributed by atoms with Crippen LogP contribution in [0.4, 0.5) is 0 Å². The average Bonchev–Trinajstić information content (AvgIpc) is 3.17. The monoisotopic (exact) mass is 774 g/mol. The van der Waals surface area contributed by atoms with E-state index >= 15 is 0 Å². The predicted molar refractivity (Wildman–Crippen MR) is 236 cm³/mol. The second kappa shape index (κ2) is 44.6. The molecule has 55 heavy (non-hydrogen) atoms. The Balaban J connectivity index is 4.06. The number of ether oxygens (including phenoxy) is 1. The number of hydrogen-bond acceptors (Lipinski definition) is 4. The summed E-state index contributed by atoms with van der Waals surface area (Å²) in [6, 6.07) is 0. The van der Waals surface area contributed by atoms with E-state index in [-0.39, 0.29) is 24.5 Å². The second-order valence-corrected chi connectivity index (χ2v) is 16.4. The number of carboxylic acids is 1. The highest BCUT2D eigenvalue weighted by Gasteiger charge is 2.14. The van der Waals surface area contributed by atoms with Gasteiger partial charge in [-0.2, -0.15) is 0 Å². The maximum atomic E-state index is 12.8. The number of nitrogens with one attached hydrogen (secondary N) is 1. The number of aliphatic carboxylic acids is 1. The number of esters is 1. The predicted octanol–water partition coefficient (Wildman–Crippen LogP) is 15.1. The van der Waals surface area contributed by atoms with Crippen LogP contribution >= 0.6 is 0 Å². The number of carbonyl (C=O) groups is 3. The molecule has 0 aromatic carbocycles. The van der Waals surface area contributed by atoms with Crippen molar-refractivity contribution in [3.8, 4) is 0 Å². The fourth-order valence-electron chi connectivity index (χ4n) is 7.31. The summed E-state index contributed by atoms with van der Waals surface area (Å²) < 4.78 is 6.05. The number of allylic oxidation sites excluding steroid dienone is 4. The van der Waals surface area contributed by atoms with Crippen molar-refractivity contribution in [1.82, 2.24) is 5.32 Å². The summed E-state index contributed by atoms with van der Waals surface area (Å²) in [5.74, 6) is -1.22. The Morgan fingerprint density at radius 3 is 1.25 bits per heavy atom. The topological polar surface area (TPSA) is 92.7 Å². The van der Waals surface area contributed by atoms with Crippen LogP contribution in [-0.2, 0) is 19.1 Å². The summed E-state index contributed by atoms with van der Waals surface area (Å²) in [6.45, 7) is 4.24. The molecular weight excluding hydrogens is 683 g/mol. The van der Waals surface area contributed by atoms with Gasteiger partial charge < -0.3 is 15.2 Å². The molecule has 1 atom stereocenters. The molecule has 0 spiro atoms. The van der Waals surface area contributed by atoms with Gasteiger partial charge in [-0.1, -0.05) is 199 Å². The Labute approximate surface area is 341 Å². The first-order chi connectivity index (χ1) is 27.0. The van der Waals surface area contributed by atoms with Gasteiger partial charge >= 0.3 is 11.9 Å². The van der Waals surface area contributed by atoms with E-state index in [0.29, 0.717) is 12.8 Å². The molecule has 0 saturated heterocycles. The molecule has 1 unspecified atom stereocenters. The third-order valence-corrected chi connectivity index (χ3v) is 10.9. The lowest BCUT2D eigenvalue weighted by Crippen LogP contribution is -2.28. The fourth-order valence-corrected chi connectivity index (χ4v) is 7.31. The van der Waals surface area contributed by atoms with E-state index in [4.69, 9.17) is 9.84 Å². The molecular formula is C49H91NO5. The molecule has 6 heteroatoms. The van der Waals surface area contributed by atoms with Gasteiger partial charge in [-0.15, -0.1) is 0 Å². The molecule has 0 bridgehead atoms. The van der Waals surface area contributed by atoms with Crippen LogP contribution in [0.3, 0.4) is 0 Å². The van der Waals surface area contributed by atoms with E-state index in [1.807, 2.05) is 0 Å². The van der Waals surface area contributed by atoms with Crippen LogP contribution in [0.25, 0.3) is 0 Å².